The fourth-order valence-electron chi connectivity index (χ4n) is 2.31. The number of carbonyl (C=O) groups is 1. The van der Waals surface area contributed by atoms with Crippen LogP contribution in [0.15, 0.2) is 40.9 Å². The molecule has 0 saturated heterocycles. The van der Waals surface area contributed by atoms with Crippen LogP contribution in [0.3, 0.4) is 0 Å². The minimum atomic E-state index is -4.77. The number of ether oxygens (including phenoxy) is 3. The summed E-state index contributed by atoms with van der Waals surface area (Å²) in [4.78, 5) is 12.1. The van der Waals surface area contributed by atoms with E-state index in [4.69, 9.17) is 9.47 Å². The molecule has 0 atom stereocenters. The van der Waals surface area contributed by atoms with E-state index in [1.165, 1.54) is 26.4 Å². The molecule has 0 aliphatic rings. The van der Waals surface area contributed by atoms with Crippen LogP contribution in [0.2, 0.25) is 0 Å². The lowest BCUT2D eigenvalue weighted by Crippen LogP contribution is -2.25. The fourth-order valence-corrected chi connectivity index (χ4v) is 2.83. The maximum atomic E-state index is 12.1. The third-order valence-corrected chi connectivity index (χ3v) is 4.32. The molecule has 2 aromatic carbocycles. The van der Waals surface area contributed by atoms with Crippen LogP contribution >= 0.6 is 15.9 Å². The third kappa shape index (κ3) is 6.06. The molecule has 1 amide bonds. The summed E-state index contributed by atoms with van der Waals surface area (Å²) in [6.07, 6.45) is -4.25. The molecule has 1 N–H and O–H groups in total. The van der Waals surface area contributed by atoms with Crippen LogP contribution in [0, 0.1) is 0 Å². The Balaban J connectivity index is 1.94. The van der Waals surface area contributed by atoms with Gasteiger partial charge >= 0.3 is 6.36 Å². The van der Waals surface area contributed by atoms with Crippen molar-refractivity contribution >= 4 is 21.8 Å². The highest BCUT2D eigenvalue weighted by Crippen LogP contribution is 2.33. The summed E-state index contributed by atoms with van der Waals surface area (Å²) in [5, 5.41) is 2.71. The number of carbonyl (C=O) groups excluding carboxylic acids is 1. The highest BCUT2D eigenvalue weighted by atomic mass is 79.9. The molecule has 0 aliphatic heterocycles. The molecule has 146 valence electrons. The topological polar surface area (TPSA) is 56.8 Å². The number of methoxy groups -OCH3 is 2. The number of alkyl halides is 3. The lowest BCUT2D eigenvalue weighted by Gasteiger charge is -2.12. The van der Waals surface area contributed by atoms with E-state index in [9.17, 15) is 18.0 Å². The highest BCUT2D eigenvalue weighted by molar-refractivity contribution is 9.10. The number of nitrogens with one attached hydrogen (secondary N) is 1. The van der Waals surface area contributed by atoms with Gasteiger partial charge < -0.3 is 19.5 Å². The molecule has 2 aromatic rings. The summed E-state index contributed by atoms with van der Waals surface area (Å²) < 4.78 is 51.5. The Morgan fingerprint density at radius 1 is 1.07 bits per heavy atom. The monoisotopic (exact) mass is 447 g/mol. The average Bonchev–Trinajstić information content (AvgIpc) is 2.61. The van der Waals surface area contributed by atoms with Gasteiger partial charge in [0, 0.05) is 16.6 Å². The van der Waals surface area contributed by atoms with Crippen molar-refractivity contribution < 1.29 is 32.2 Å². The SMILES string of the molecule is COc1cc(Br)c(CCNC(=O)c2ccc(OC(F)(F)F)cc2)cc1OC. The number of amides is 1. The Morgan fingerprint density at radius 2 is 1.67 bits per heavy atom. The lowest BCUT2D eigenvalue weighted by atomic mass is 10.1. The zero-order valence-corrected chi connectivity index (χ0v) is 16.1. The summed E-state index contributed by atoms with van der Waals surface area (Å²) in [6.45, 7) is 0.327. The molecule has 5 nitrogen and oxygen atoms in total. The molecule has 0 unspecified atom stereocenters. The van der Waals surface area contributed by atoms with Gasteiger partial charge in [-0.15, -0.1) is 13.2 Å². The Bertz CT molecular complexity index is 794. The molecule has 0 fully saturated rings. The van der Waals surface area contributed by atoms with Gasteiger partial charge in [-0.05, 0) is 48.4 Å². The zero-order chi connectivity index (χ0) is 20.0. The van der Waals surface area contributed by atoms with Gasteiger partial charge in [-0.1, -0.05) is 15.9 Å². The van der Waals surface area contributed by atoms with Gasteiger partial charge in [-0.2, -0.15) is 0 Å². The Labute approximate surface area is 162 Å². The first-order valence-electron chi connectivity index (χ1n) is 7.78. The van der Waals surface area contributed by atoms with Crippen molar-refractivity contribution in [3.8, 4) is 17.2 Å². The Hall–Kier alpha value is -2.42. The molecule has 27 heavy (non-hydrogen) atoms. The molecule has 0 saturated carbocycles. The molecule has 0 aliphatic carbocycles. The predicted molar refractivity (Wildman–Crippen MR) is 96.4 cm³/mol. The van der Waals surface area contributed by atoms with E-state index >= 15 is 0 Å². The first-order valence-corrected chi connectivity index (χ1v) is 8.57. The molecular formula is C18H17BrF3NO4. The maximum absolute atomic E-state index is 12.1. The standard InChI is InChI=1S/C18H17BrF3NO4/c1-25-15-9-12(14(19)10-16(15)26-2)7-8-23-17(24)11-3-5-13(6-4-11)27-18(20,21)22/h3-6,9-10H,7-8H2,1-2H3,(H,23,24). The van der Waals surface area contributed by atoms with Crippen molar-refractivity contribution in [2.24, 2.45) is 0 Å². The van der Waals surface area contributed by atoms with Gasteiger partial charge in [-0.25, -0.2) is 0 Å². The lowest BCUT2D eigenvalue weighted by molar-refractivity contribution is -0.274. The van der Waals surface area contributed by atoms with E-state index < -0.39 is 12.3 Å². The van der Waals surface area contributed by atoms with E-state index in [-0.39, 0.29) is 11.3 Å². The van der Waals surface area contributed by atoms with Crippen molar-refractivity contribution in [3.05, 3.63) is 52.0 Å². The van der Waals surface area contributed by atoms with Crippen molar-refractivity contribution in [3.63, 3.8) is 0 Å². The average molecular weight is 448 g/mol. The largest absolute Gasteiger partial charge is 0.573 e. The van der Waals surface area contributed by atoms with Crippen molar-refractivity contribution in [1.82, 2.24) is 5.32 Å². The molecule has 0 radical (unpaired) electrons. The second-order valence-corrected chi connectivity index (χ2v) is 6.23. The first-order chi connectivity index (χ1) is 12.7. The Kier molecular flexibility index (Phi) is 6.95. The third-order valence-electron chi connectivity index (χ3n) is 3.58. The second kappa shape index (κ2) is 8.98. The molecule has 0 bridgehead atoms. The van der Waals surface area contributed by atoms with Gasteiger partial charge in [0.1, 0.15) is 5.75 Å². The number of benzene rings is 2. The van der Waals surface area contributed by atoms with Crippen molar-refractivity contribution in [2.75, 3.05) is 20.8 Å². The van der Waals surface area contributed by atoms with Crippen molar-refractivity contribution in [2.45, 2.75) is 12.8 Å². The predicted octanol–water partition coefficient (Wildman–Crippen LogP) is 4.34. The van der Waals surface area contributed by atoms with E-state index in [1.807, 2.05) is 0 Å². The molecule has 0 aromatic heterocycles. The van der Waals surface area contributed by atoms with Crippen LogP contribution in [0.1, 0.15) is 15.9 Å². The first kappa shape index (κ1) is 20.9. The quantitative estimate of drug-likeness (QED) is 0.685. The van der Waals surface area contributed by atoms with Crippen LogP contribution in [0.25, 0.3) is 0 Å². The number of rotatable bonds is 7. The summed E-state index contributed by atoms with van der Waals surface area (Å²) in [7, 11) is 3.07. The van der Waals surface area contributed by atoms with Crippen LogP contribution < -0.4 is 19.5 Å². The fraction of sp³-hybridized carbons (Fsp3) is 0.278. The summed E-state index contributed by atoms with van der Waals surface area (Å²) in [5.74, 6) is 0.374. The van der Waals surface area contributed by atoms with Crippen LogP contribution in [-0.4, -0.2) is 33.0 Å². The highest BCUT2D eigenvalue weighted by Gasteiger charge is 2.31. The molecule has 2 rings (SSSR count). The minimum Gasteiger partial charge on any atom is -0.493 e. The smallest absolute Gasteiger partial charge is 0.493 e. The normalized spacial score (nSPS) is 11.0. The van der Waals surface area contributed by atoms with Gasteiger partial charge in [0.2, 0.25) is 0 Å². The number of halogens is 4. The van der Waals surface area contributed by atoms with Crippen LogP contribution in [-0.2, 0) is 6.42 Å². The molecule has 0 heterocycles. The molecule has 9 heteroatoms. The number of hydrogen-bond donors (Lipinski definition) is 1. The molecular weight excluding hydrogens is 431 g/mol. The summed E-state index contributed by atoms with van der Waals surface area (Å²) >= 11 is 3.44. The minimum absolute atomic E-state index is 0.232. The summed E-state index contributed by atoms with van der Waals surface area (Å²) in [5.41, 5.74) is 1.14. The van der Waals surface area contributed by atoms with E-state index in [0.717, 1.165) is 22.2 Å². The van der Waals surface area contributed by atoms with Gasteiger partial charge in [-0.3, -0.25) is 4.79 Å². The summed E-state index contributed by atoms with van der Waals surface area (Å²) in [6, 6.07) is 8.29. The molecule has 0 spiro atoms. The van der Waals surface area contributed by atoms with Crippen LogP contribution in [0.4, 0.5) is 13.2 Å². The van der Waals surface area contributed by atoms with E-state index in [2.05, 4.69) is 26.0 Å². The van der Waals surface area contributed by atoms with Crippen molar-refractivity contribution in [1.29, 1.82) is 0 Å². The Morgan fingerprint density at radius 3 is 2.22 bits per heavy atom. The van der Waals surface area contributed by atoms with Crippen LogP contribution in [0.5, 0.6) is 17.2 Å². The van der Waals surface area contributed by atoms with E-state index in [0.29, 0.717) is 24.5 Å². The number of hydrogen-bond acceptors (Lipinski definition) is 4. The zero-order valence-electron chi connectivity index (χ0n) is 14.5. The van der Waals surface area contributed by atoms with Gasteiger partial charge in [0.15, 0.2) is 11.5 Å². The van der Waals surface area contributed by atoms with E-state index in [1.54, 1.807) is 12.1 Å². The van der Waals surface area contributed by atoms with Gasteiger partial charge in [0.05, 0.1) is 14.2 Å². The second-order valence-electron chi connectivity index (χ2n) is 5.38. The maximum Gasteiger partial charge on any atom is 0.573 e. The van der Waals surface area contributed by atoms with Gasteiger partial charge in [0.25, 0.3) is 5.91 Å².